The van der Waals surface area contributed by atoms with Crippen molar-refractivity contribution in [1.29, 1.82) is 0 Å². The predicted molar refractivity (Wildman–Crippen MR) is 70.6 cm³/mol. The van der Waals surface area contributed by atoms with Gasteiger partial charge in [0.15, 0.2) is 4.96 Å². The number of thiazole rings is 1. The number of carbonyl (C=O) groups is 1. The molecule has 5 nitrogen and oxygen atoms in total. The third-order valence-corrected chi connectivity index (χ3v) is 4.05. The van der Waals surface area contributed by atoms with Crippen molar-refractivity contribution in [3.63, 3.8) is 0 Å². The highest BCUT2D eigenvalue weighted by atomic mass is 32.2. The molecule has 0 unspecified atom stereocenters. The topological polar surface area (TPSA) is 58.4 Å². The van der Waals surface area contributed by atoms with Crippen LogP contribution in [0.1, 0.15) is 5.69 Å². The average Bonchev–Trinajstić information content (AvgIpc) is 2.89. The Morgan fingerprint density at radius 2 is 2.41 bits per heavy atom. The molecule has 2 aromatic heterocycles. The van der Waals surface area contributed by atoms with Crippen LogP contribution in [0.2, 0.25) is 0 Å². The number of imidazole rings is 1. The molecule has 2 N–H and O–H groups in total. The van der Waals surface area contributed by atoms with Crippen LogP contribution in [0.5, 0.6) is 0 Å². The zero-order chi connectivity index (χ0) is 12.3. The summed E-state index contributed by atoms with van der Waals surface area (Å²) in [5, 5.41) is 8.67. The summed E-state index contributed by atoms with van der Waals surface area (Å²) in [4.78, 5) is 16.7. The molecule has 17 heavy (non-hydrogen) atoms. The van der Waals surface area contributed by atoms with Gasteiger partial charge >= 0.3 is 0 Å². The lowest BCUT2D eigenvalue weighted by Crippen LogP contribution is -2.20. The van der Waals surface area contributed by atoms with Crippen LogP contribution in [-0.2, 0) is 11.3 Å². The molecule has 0 atom stereocenters. The summed E-state index contributed by atoms with van der Waals surface area (Å²) in [6, 6.07) is 0. The molecule has 0 aromatic carbocycles. The summed E-state index contributed by atoms with van der Waals surface area (Å²) < 4.78 is 2.06. The molecule has 2 aromatic rings. The Labute approximate surface area is 108 Å². The van der Waals surface area contributed by atoms with Crippen molar-refractivity contribution in [2.45, 2.75) is 11.6 Å². The number of hydrogen-bond acceptors (Lipinski definition) is 5. The standard InChI is InChI=1S/C10H14N4OS2/c1-11-5-7-9(17-6-8(15)12-2)13-10-14(7)3-4-16-10/h3-4,11H,5-6H2,1-2H3,(H,12,15). The second-order valence-corrected chi connectivity index (χ2v) is 5.25. The second kappa shape index (κ2) is 5.52. The molecule has 0 aliphatic carbocycles. The largest absolute Gasteiger partial charge is 0.358 e. The summed E-state index contributed by atoms with van der Waals surface area (Å²) in [7, 11) is 3.54. The number of hydrogen-bond donors (Lipinski definition) is 2. The number of fused-ring (bicyclic) bond motifs is 1. The molecule has 0 fully saturated rings. The first-order chi connectivity index (χ1) is 8.26. The van der Waals surface area contributed by atoms with Crippen LogP contribution in [0, 0.1) is 0 Å². The van der Waals surface area contributed by atoms with E-state index in [1.165, 1.54) is 11.8 Å². The monoisotopic (exact) mass is 270 g/mol. The first-order valence-corrected chi connectivity index (χ1v) is 7.05. The van der Waals surface area contributed by atoms with E-state index in [2.05, 4.69) is 20.0 Å². The van der Waals surface area contributed by atoms with Gasteiger partial charge in [-0.1, -0.05) is 11.8 Å². The van der Waals surface area contributed by atoms with Crippen LogP contribution in [0.3, 0.4) is 0 Å². The Bertz CT molecular complexity index is 519. The van der Waals surface area contributed by atoms with E-state index in [-0.39, 0.29) is 5.91 Å². The molecule has 0 radical (unpaired) electrons. The maximum absolute atomic E-state index is 11.2. The number of nitrogens with one attached hydrogen (secondary N) is 2. The molecular weight excluding hydrogens is 256 g/mol. The summed E-state index contributed by atoms with van der Waals surface area (Å²) in [5.74, 6) is 0.416. The van der Waals surface area contributed by atoms with Crippen molar-refractivity contribution in [2.75, 3.05) is 19.8 Å². The van der Waals surface area contributed by atoms with Gasteiger partial charge in [-0.3, -0.25) is 9.20 Å². The zero-order valence-corrected chi connectivity index (χ0v) is 11.3. The lowest BCUT2D eigenvalue weighted by atomic mass is 10.5. The average molecular weight is 270 g/mol. The molecule has 7 heteroatoms. The maximum atomic E-state index is 11.2. The third kappa shape index (κ3) is 2.62. The molecule has 0 saturated heterocycles. The molecule has 0 aliphatic heterocycles. The fourth-order valence-electron chi connectivity index (χ4n) is 1.46. The Morgan fingerprint density at radius 1 is 1.59 bits per heavy atom. The molecule has 0 saturated carbocycles. The molecule has 2 heterocycles. The first kappa shape index (κ1) is 12.4. The van der Waals surface area contributed by atoms with Crippen LogP contribution in [0.15, 0.2) is 16.6 Å². The molecule has 2 rings (SSSR count). The van der Waals surface area contributed by atoms with Gasteiger partial charge in [-0.05, 0) is 7.05 Å². The Balaban J connectivity index is 2.22. The highest BCUT2D eigenvalue weighted by Gasteiger charge is 2.13. The number of carbonyl (C=O) groups excluding carboxylic acids is 1. The van der Waals surface area contributed by atoms with Gasteiger partial charge in [-0.2, -0.15) is 0 Å². The summed E-state index contributed by atoms with van der Waals surface area (Å²) in [6.45, 7) is 0.744. The SMILES string of the molecule is CNCc1c(SCC(=O)NC)nc2sccn12. The highest BCUT2D eigenvalue weighted by Crippen LogP contribution is 2.25. The van der Waals surface area contributed by atoms with Crippen LogP contribution in [0.4, 0.5) is 0 Å². The summed E-state index contributed by atoms with van der Waals surface area (Å²) in [6.07, 6.45) is 2.00. The fourth-order valence-corrected chi connectivity index (χ4v) is 3.15. The van der Waals surface area contributed by atoms with Crippen LogP contribution in [-0.4, -0.2) is 35.1 Å². The van der Waals surface area contributed by atoms with Crippen molar-refractivity contribution >= 4 is 34.0 Å². The summed E-state index contributed by atoms with van der Waals surface area (Å²) in [5.41, 5.74) is 1.11. The number of aromatic nitrogens is 2. The highest BCUT2D eigenvalue weighted by molar-refractivity contribution is 8.00. The third-order valence-electron chi connectivity index (χ3n) is 2.29. The second-order valence-electron chi connectivity index (χ2n) is 3.41. The van der Waals surface area contributed by atoms with Gasteiger partial charge in [0.2, 0.25) is 5.91 Å². The molecule has 92 valence electrons. The maximum Gasteiger partial charge on any atom is 0.230 e. The van der Waals surface area contributed by atoms with Crippen molar-refractivity contribution < 1.29 is 4.79 Å². The molecule has 0 bridgehead atoms. The number of nitrogens with zero attached hydrogens (tertiary/aromatic N) is 2. The molecule has 0 aliphatic rings. The Hall–Kier alpha value is -1.05. The van der Waals surface area contributed by atoms with Gasteiger partial charge in [0.1, 0.15) is 5.03 Å². The zero-order valence-electron chi connectivity index (χ0n) is 9.69. The first-order valence-electron chi connectivity index (χ1n) is 5.18. The number of amides is 1. The van der Waals surface area contributed by atoms with Crippen LogP contribution in [0.25, 0.3) is 4.96 Å². The smallest absolute Gasteiger partial charge is 0.230 e. The fraction of sp³-hybridized carbons (Fsp3) is 0.400. The Kier molecular flexibility index (Phi) is 4.03. The van der Waals surface area contributed by atoms with Gasteiger partial charge in [0, 0.05) is 25.2 Å². The van der Waals surface area contributed by atoms with Crippen LogP contribution < -0.4 is 10.6 Å². The minimum atomic E-state index is 0.0155. The minimum absolute atomic E-state index is 0.0155. The van der Waals surface area contributed by atoms with Crippen LogP contribution >= 0.6 is 23.1 Å². The van der Waals surface area contributed by atoms with Gasteiger partial charge in [0.05, 0.1) is 11.4 Å². The normalized spacial score (nSPS) is 10.9. The van der Waals surface area contributed by atoms with E-state index in [1.54, 1.807) is 18.4 Å². The lowest BCUT2D eigenvalue weighted by molar-refractivity contribution is -0.118. The Morgan fingerprint density at radius 3 is 3.12 bits per heavy atom. The van der Waals surface area contributed by atoms with Gasteiger partial charge in [-0.15, -0.1) is 11.3 Å². The number of rotatable bonds is 5. The van der Waals surface area contributed by atoms with Crippen molar-refractivity contribution in [3.05, 3.63) is 17.3 Å². The van der Waals surface area contributed by atoms with Gasteiger partial charge in [0.25, 0.3) is 0 Å². The van der Waals surface area contributed by atoms with E-state index in [9.17, 15) is 4.79 Å². The molecular formula is C10H14N4OS2. The minimum Gasteiger partial charge on any atom is -0.358 e. The van der Waals surface area contributed by atoms with Crippen molar-refractivity contribution in [2.24, 2.45) is 0 Å². The van der Waals surface area contributed by atoms with Crippen molar-refractivity contribution in [3.8, 4) is 0 Å². The van der Waals surface area contributed by atoms with E-state index in [4.69, 9.17) is 0 Å². The lowest BCUT2D eigenvalue weighted by Gasteiger charge is -2.02. The van der Waals surface area contributed by atoms with E-state index < -0.39 is 0 Å². The van der Waals surface area contributed by atoms with Gasteiger partial charge < -0.3 is 10.6 Å². The van der Waals surface area contributed by atoms with Gasteiger partial charge in [-0.25, -0.2) is 4.98 Å². The predicted octanol–water partition coefficient (Wildman–Crippen LogP) is 0.953. The number of thioether (sulfide) groups is 1. The molecule has 0 spiro atoms. The van der Waals surface area contributed by atoms with E-state index >= 15 is 0 Å². The molecule has 1 amide bonds. The van der Waals surface area contributed by atoms with E-state index in [0.717, 1.165) is 22.2 Å². The quantitative estimate of drug-likeness (QED) is 0.794. The van der Waals surface area contributed by atoms with E-state index in [0.29, 0.717) is 5.75 Å². The summed E-state index contributed by atoms with van der Waals surface area (Å²) >= 11 is 3.07. The van der Waals surface area contributed by atoms with Crippen molar-refractivity contribution in [1.82, 2.24) is 20.0 Å². The van der Waals surface area contributed by atoms with E-state index in [1.807, 2.05) is 18.6 Å².